The van der Waals surface area contributed by atoms with Gasteiger partial charge in [-0.05, 0) is 19.8 Å². The maximum absolute atomic E-state index is 12.1. The quantitative estimate of drug-likeness (QED) is 0.627. The van der Waals surface area contributed by atoms with Gasteiger partial charge in [-0.2, -0.15) is 0 Å². The second-order valence-electron chi connectivity index (χ2n) is 5.61. The molecule has 1 aliphatic carbocycles. The Hall–Kier alpha value is -2.08. The van der Waals surface area contributed by atoms with Crippen LogP contribution >= 0.6 is 11.8 Å². The van der Waals surface area contributed by atoms with Crippen LogP contribution in [0.2, 0.25) is 0 Å². The molecular weight excluding hydrogens is 308 g/mol. The van der Waals surface area contributed by atoms with Gasteiger partial charge in [0, 0.05) is 18.2 Å². The number of carbonyl (C=O) groups excluding carboxylic acids is 1. The molecule has 1 aromatic heterocycles. The van der Waals surface area contributed by atoms with E-state index in [9.17, 15) is 4.79 Å². The lowest BCUT2D eigenvalue weighted by Crippen LogP contribution is -2.32. The fourth-order valence-electron chi connectivity index (χ4n) is 2.23. The summed E-state index contributed by atoms with van der Waals surface area (Å²) < 4.78 is 1.99. The molecule has 1 saturated carbocycles. The molecule has 1 atom stereocenters. The lowest BCUT2D eigenvalue weighted by molar-refractivity contribution is -0.120. The van der Waals surface area contributed by atoms with Crippen molar-refractivity contribution in [2.75, 3.05) is 0 Å². The Balaban J connectivity index is 1.80. The molecule has 0 spiro atoms. The van der Waals surface area contributed by atoms with Crippen LogP contribution < -0.4 is 5.32 Å². The Morgan fingerprint density at radius 2 is 2.17 bits per heavy atom. The van der Waals surface area contributed by atoms with Crippen molar-refractivity contribution in [1.82, 2.24) is 20.1 Å². The maximum atomic E-state index is 12.1. The molecule has 0 radical (unpaired) electrons. The number of amides is 1. The first-order chi connectivity index (χ1) is 11.2. The fraction of sp³-hybridized carbons (Fsp3) is 0.353. The van der Waals surface area contributed by atoms with Crippen molar-refractivity contribution in [1.29, 1.82) is 0 Å². The molecule has 2 aromatic rings. The zero-order chi connectivity index (χ0) is 16.2. The zero-order valence-corrected chi connectivity index (χ0v) is 13.9. The van der Waals surface area contributed by atoms with Crippen LogP contribution in [0.5, 0.6) is 0 Å². The van der Waals surface area contributed by atoms with Crippen LogP contribution in [0.3, 0.4) is 0 Å². The number of rotatable bonds is 7. The summed E-state index contributed by atoms with van der Waals surface area (Å²) in [6, 6.07) is 10.3. The SMILES string of the molecule is C=CCn1c(S[C@@H](C)C(=O)NC2CC2)nnc1-c1ccccc1. The fourth-order valence-corrected chi connectivity index (χ4v) is 3.10. The summed E-state index contributed by atoms with van der Waals surface area (Å²) in [5, 5.41) is 12.1. The molecule has 1 N–H and O–H groups in total. The van der Waals surface area contributed by atoms with Crippen molar-refractivity contribution >= 4 is 17.7 Å². The second kappa shape index (κ2) is 7.00. The van der Waals surface area contributed by atoms with Crippen LogP contribution in [-0.2, 0) is 11.3 Å². The summed E-state index contributed by atoms with van der Waals surface area (Å²) in [5.41, 5.74) is 1.00. The third-order valence-corrected chi connectivity index (χ3v) is 4.72. The number of nitrogens with zero attached hydrogens (tertiary/aromatic N) is 3. The van der Waals surface area contributed by atoms with Gasteiger partial charge in [-0.3, -0.25) is 9.36 Å². The average molecular weight is 328 g/mol. The molecule has 23 heavy (non-hydrogen) atoms. The predicted molar refractivity (Wildman–Crippen MR) is 92.1 cm³/mol. The van der Waals surface area contributed by atoms with Gasteiger partial charge in [-0.25, -0.2) is 0 Å². The molecule has 3 rings (SSSR count). The zero-order valence-electron chi connectivity index (χ0n) is 13.1. The van der Waals surface area contributed by atoms with E-state index >= 15 is 0 Å². The predicted octanol–water partition coefficient (Wildman–Crippen LogP) is 2.89. The van der Waals surface area contributed by atoms with E-state index in [1.165, 1.54) is 11.8 Å². The molecule has 1 aliphatic rings. The summed E-state index contributed by atoms with van der Waals surface area (Å²) in [4.78, 5) is 12.1. The molecule has 5 nitrogen and oxygen atoms in total. The Morgan fingerprint density at radius 3 is 2.83 bits per heavy atom. The first-order valence-electron chi connectivity index (χ1n) is 7.75. The summed E-state index contributed by atoms with van der Waals surface area (Å²) in [6.07, 6.45) is 4.00. The highest BCUT2D eigenvalue weighted by Crippen LogP contribution is 2.27. The molecule has 0 saturated heterocycles. The van der Waals surface area contributed by atoms with Crippen molar-refractivity contribution in [3.8, 4) is 11.4 Å². The van der Waals surface area contributed by atoms with Crippen molar-refractivity contribution in [2.24, 2.45) is 0 Å². The van der Waals surface area contributed by atoms with Gasteiger partial charge < -0.3 is 5.32 Å². The van der Waals surface area contributed by atoms with Crippen LogP contribution in [0.1, 0.15) is 19.8 Å². The minimum absolute atomic E-state index is 0.0620. The van der Waals surface area contributed by atoms with Gasteiger partial charge in [0.2, 0.25) is 5.91 Å². The maximum Gasteiger partial charge on any atom is 0.233 e. The van der Waals surface area contributed by atoms with Gasteiger partial charge in [0.1, 0.15) is 0 Å². The molecule has 6 heteroatoms. The monoisotopic (exact) mass is 328 g/mol. The van der Waals surface area contributed by atoms with E-state index in [1.54, 1.807) is 0 Å². The van der Waals surface area contributed by atoms with E-state index in [1.807, 2.05) is 47.9 Å². The molecule has 0 bridgehead atoms. The van der Waals surface area contributed by atoms with Gasteiger partial charge in [-0.15, -0.1) is 16.8 Å². The smallest absolute Gasteiger partial charge is 0.233 e. The van der Waals surface area contributed by atoms with Crippen LogP contribution in [0, 0.1) is 0 Å². The Bertz CT molecular complexity index is 694. The molecular formula is C17H20N4OS. The third kappa shape index (κ3) is 3.82. The van der Waals surface area contributed by atoms with Crippen LogP contribution in [0.15, 0.2) is 48.1 Å². The van der Waals surface area contributed by atoms with E-state index in [-0.39, 0.29) is 11.2 Å². The summed E-state index contributed by atoms with van der Waals surface area (Å²) >= 11 is 1.43. The topological polar surface area (TPSA) is 59.8 Å². The van der Waals surface area contributed by atoms with E-state index in [0.29, 0.717) is 12.6 Å². The Morgan fingerprint density at radius 1 is 1.43 bits per heavy atom. The third-order valence-electron chi connectivity index (χ3n) is 3.64. The number of carbonyl (C=O) groups is 1. The highest BCUT2D eigenvalue weighted by Gasteiger charge is 2.27. The molecule has 1 fully saturated rings. The minimum Gasteiger partial charge on any atom is -0.352 e. The van der Waals surface area contributed by atoms with E-state index in [2.05, 4.69) is 22.1 Å². The number of aromatic nitrogens is 3. The average Bonchev–Trinajstić information content (AvgIpc) is 3.29. The lowest BCUT2D eigenvalue weighted by atomic mass is 10.2. The van der Waals surface area contributed by atoms with Crippen molar-refractivity contribution in [3.63, 3.8) is 0 Å². The number of benzene rings is 1. The van der Waals surface area contributed by atoms with Crippen LogP contribution in [0.25, 0.3) is 11.4 Å². The number of nitrogens with one attached hydrogen (secondary N) is 1. The summed E-state index contributed by atoms with van der Waals surface area (Å²) in [7, 11) is 0. The van der Waals surface area contributed by atoms with Crippen LogP contribution in [-0.4, -0.2) is 32.0 Å². The standard InChI is InChI=1S/C17H20N4OS/c1-3-11-21-15(13-7-5-4-6-8-13)19-20-17(21)23-12(2)16(22)18-14-9-10-14/h3-8,12,14H,1,9-11H2,2H3,(H,18,22)/t12-/m0/s1. The molecule has 1 aromatic carbocycles. The van der Waals surface area contributed by atoms with Crippen molar-refractivity contribution < 1.29 is 4.79 Å². The number of thioether (sulfide) groups is 1. The molecule has 1 amide bonds. The highest BCUT2D eigenvalue weighted by atomic mass is 32.2. The molecule has 0 unspecified atom stereocenters. The van der Waals surface area contributed by atoms with Gasteiger partial charge in [0.05, 0.1) is 5.25 Å². The van der Waals surface area contributed by atoms with Gasteiger partial charge in [0.15, 0.2) is 11.0 Å². The molecule has 1 heterocycles. The van der Waals surface area contributed by atoms with E-state index < -0.39 is 0 Å². The van der Waals surface area contributed by atoms with E-state index in [4.69, 9.17) is 0 Å². The van der Waals surface area contributed by atoms with Crippen molar-refractivity contribution in [3.05, 3.63) is 43.0 Å². The van der Waals surface area contributed by atoms with E-state index in [0.717, 1.165) is 29.4 Å². The molecule has 0 aliphatic heterocycles. The number of allylic oxidation sites excluding steroid dienone is 1. The van der Waals surface area contributed by atoms with Gasteiger partial charge >= 0.3 is 0 Å². The summed E-state index contributed by atoms with van der Waals surface area (Å²) in [6.45, 7) is 6.32. The molecule has 120 valence electrons. The van der Waals surface area contributed by atoms with Gasteiger partial charge in [0.25, 0.3) is 0 Å². The second-order valence-corrected chi connectivity index (χ2v) is 6.92. The number of hydrogen-bond acceptors (Lipinski definition) is 4. The Labute approximate surface area is 140 Å². The first kappa shape index (κ1) is 15.8. The van der Waals surface area contributed by atoms with Crippen molar-refractivity contribution in [2.45, 2.75) is 42.8 Å². The normalized spacial score (nSPS) is 15.2. The van der Waals surface area contributed by atoms with Crippen LogP contribution in [0.4, 0.5) is 0 Å². The van der Waals surface area contributed by atoms with Gasteiger partial charge in [-0.1, -0.05) is 48.2 Å². The Kier molecular flexibility index (Phi) is 4.81. The highest BCUT2D eigenvalue weighted by molar-refractivity contribution is 8.00. The number of hydrogen-bond donors (Lipinski definition) is 1. The largest absolute Gasteiger partial charge is 0.352 e. The summed E-state index contributed by atoms with van der Waals surface area (Å²) in [5.74, 6) is 0.856. The minimum atomic E-state index is -0.202. The first-order valence-corrected chi connectivity index (χ1v) is 8.63. The lowest BCUT2D eigenvalue weighted by Gasteiger charge is -2.12.